The molecule has 0 saturated carbocycles. The second-order valence-corrected chi connectivity index (χ2v) is 6.30. The van der Waals surface area contributed by atoms with Gasteiger partial charge in [-0.1, -0.05) is 12.1 Å². The molecule has 1 fully saturated rings. The van der Waals surface area contributed by atoms with Gasteiger partial charge in [0.15, 0.2) is 0 Å². The highest BCUT2D eigenvalue weighted by atomic mass is 79.9. The van der Waals surface area contributed by atoms with Gasteiger partial charge >= 0.3 is 0 Å². The minimum Gasteiger partial charge on any atom is -0.381 e. The maximum atomic E-state index is 11.2. The van der Waals surface area contributed by atoms with Crippen molar-refractivity contribution in [1.82, 2.24) is 0 Å². The van der Waals surface area contributed by atoms with Crippen molar-refractivity contribution < 1.29 is 4.21 Å². The highest BCUT2D eigenvalue weighted by Crippen LogP contribution is 2.24. The van der Waals surface area contributed by atoms with Gasteiger partial charge in [0.2, 0.25) is 0 Å². The predicted molar refractivity (Wildman–Crippen MR) is 68.7 cm³/mol. The Morgan fingerprint density at radius 3 is 2.60 bits per heavy atom. The maximum absolute atomic E-state index is 11.2. The molecule has 1 aliphatic heterocycles. The highest BCUT2D eigenvalue weighted by molar-refractivity contribution is 9.10. The van der Waals surface area contributed by atoms with E-state index in [-0.39, 0.29) is 0 Å². The van der Waals surface area contributed by atoms with Gasteiger partial charge in [-0.3, -0.25) is 4.21 Å². The van der Waals surface area contributed by atoms with Crippen LogP contribution in [0.3, 0.4) is 0 Å². The van der Waals surface area contributed by atoms with Gasteiger partial charge in [-0.15, -0.1) is 0 Å². The van der Waals surface area contributed by atoms with Crippen molar-refractivity contribution in [1.29, 1.82) is 0 Å². The Morgan fingerprint density at radius 1 is 1.27 bits per heavy atom. The van der Waals surface area contributed by atoms with Crippen molar-refractivity contribution in [2.45, 2.75) is 18.9 Å². The summed E-state index contributed by atoms with van der Waals surface area (Å²) in [6, 6.07) is 8.60. The zero-order valence-electron chi connectivity index (χ0n) is 8.41. The second kappa shape index (κ2) is 5.12. The van der Waals surface area contributed by atoms with E-state index in [0.717, 1.165) is 34.5 Å². The van der Waals surface area contributed by atoms with Crippen LogP contribution >= 0.6 is 15.9 Å². The number of anilines is 1. The lowest BCUT2D eigenvalue weighted by Gasteiger charge is -2.24. The van der Waals surface area contributed by atoms with Gasteiger partial charge in [0.25, 0.3) is 0 Å². The molecule has 1 aromatic rings. The summed E-state index contributed by atoms with van der Waals surface area (Å²) in [7, 11) is -0.576. The molecule has 0 aliphatic carbocycles. The van der Waals surface area contributed by atoms with Gasteiger partial charge in [-0.25, -0.2) is 0 Å². The van der Waals surface area contributed by atoms with Crippen LogP contribution in [-0.4, -0.2) is 21.8 Å². The molecule has 15 heavy (non-hydrogen) atoms. The molecule has 0 amide bonds. The van der Waals surface area contributed by atoms with E-state index in [9.17, 15) is 4.21 Å². The molecule has 0 aromatic heterocycles. The molecular formula is C11H14BrNOS. The Bertz CT molecular complexity index is 359. The molecule has 4 heteroatoms. The van der Waals surface area contributed by atoms with Crippen LogP contribution in [-0.2, 0) is 10.8 Å². The van der Waals surface area contributed by atoms with E-state index in [4.69, 9.17) is 0 Å². The molecule has 0 spiro atoms. The van der Waals surface area contributed by atoms with Crippen LogP contribution < -0.4 is 5.32 Å². The molecule has 0 bridgehead atoms. The Hall–Kier alpha value is -0.350. The van der Waals surface area contributed by atoms with Crippen molar-refractivity contribution in [3.8, 4) is 0 Å². The molecule has 1 aromatic carbocycles. The summed E-state index contributed by atoms with van der Waals surface area (Å²) in [6.07, 6.45) is 2.02. The van der Waals surface area contributed by atoms with Gasteiger partial charge in [0.1, 0.15) is 0 Å². The van der Waals surface area contributed by atoms with Crippen LogP contribution in [0.1, 0.15) is 12.8 Å². The first-order valence-electron chi connectivity index (χ1n) is 5.12. The maximum Gasteiger partial charge on any atom is 0.0486 e. The number of para-hydroxylation sites is 1. The normalized spacial score (nSPS) is 26.2. The van der Waals surface area contributed by atoms with E-state index in [1.165, 1.54) is 0 Å². The van der Waals surface area contributed by atoms with Crippen LogP contribution in [0.5, 0.6) is 0 Å². The monoisotopic (exact) mass is 287 g/mol. The molecular weight excluding hydrogens is 274 g/mol. The summed E-state index contributed by atoms with van der Waals surface area (Å²) in [6.45, 7) is 0. The van der Waals surface area contributed by atoms with E-state index >= 15 is 0 Å². The molecule has 1 saturated heterocycles. The van der Waals surface area contributed by atoms with Crippen LogP contribution in [0.2, 0.25) is 0 Å². The van der Waals surface area contributed by atoms with Crippen molar-refractivity contribution >= 4 is 32.4 Å². The molecule has 0 atom stereocenters. The smallest absolute Gasteiger partial charge is 0.0486 e. The van der Waals surface area contributed by atoms with E-state index in [1.807, 2.05) is 18.2 Å². The van der Waals surface area contributed by atoms with Crippen molar-refractivity contribution in [2.75, 3.05) is 16.8 Å². The lowest BCUT2D eigenvalue weighted by Crippen LogP contribution is -2.29. The lowest BCUT2D eigenvalue weighted by atomic mass is 10.1. The third-order valence-corrected chi connectivity index (χ3v) is 4.70. The van der Waals surface area contributed by atoms with E-state index in [2.05, 4.69) is 27.3 Å². The zero-order chi connectivity index (χ0) is 10.7. The third-order valence-electron chi connectivity index (χ3n) is 2.62. The van der Waals surface area contributed by atoms with E-state index in [0.29, 0.717) is 6.04 Å². The van der Waals surface area contributed by atoms with Gasteiger partial charge in [0.05, 0.1) is 0 Å². The molecule has 82 valence electrons. The largest absolute Gasteiger partial charge is 0.381 e. The number of halogens is 1. The van der Waals surface area contributed by atoms with Crippen molar-refractivity contribution in [3.05, 3.63) is 28.7 Å². The van der Waals surface area contributed by atoms with Crippen molar-refractivity contribution in [3.63, 3.8) is 0 Å². The third kappa shape index (κ3) is 3.05. The first kappa shape index (κ1) is 11.1. The Kier molecular flexibility index (Phi) is 3.81. The van der Waals surface area contributed by atoms with Crippen LogP contribution in [0, 0.1) is 0 Å². The summed E-state index contributed by atoms with van der Waals surface area (Å²) >= 11 is 3.51. The van der Waals surface area contributed by atoms with Crippen molar-refractivity contribution in [2.24, 2.45) is 0 Å². The van der Waals surface area contributed by atoms with E-state index < -0.39 is 10.8 Å². The molecule has 0 unspecified atom stereocenters. The summed E-state index contributed by atoms with van der Waals surface area (Å²) in [5.41, 5.74) is 1.13. The summed E-state index contributed by atoms with van der Waals surface area (Å²) < 4.78 is 12.3. The average molecular weight is 288 g/mol. The SMILES string of the molecule is O=S1CCC(Nc2ccccc2Br)CC1. The highest BCUT2D eigenvalue weighted by Gasteiger charge is 2.17. The fourth-order valence-electron chi connectivity index (χ4n) is 1.74. The number of nitrogens with one attached hydrogen (secondary N) is 1. The number of hydrogen-bond donors (Lipinski definition) is 1. The number of rotatable bonds is 2. The van der Waals surface area contributed by atoms with Gasteiger partial charge < -0.3 is 5.32 Å². The summed E-state index contributed by atoms with van der Waals surface area (Å²) in [4.78, 5) is 0. The Morgan fingerprint density at radius 2 is 1.93 bits per heavy atom. The number of hydrogen-bond acceptors (Lipinski definition) is 2. The molecule has 1 N–H and O–H groups in total. The molecule has 2 nitrogen and oxygen atoms in total. The first-order valence-corrected chi connectivity index (χ1v) is 7.40. The second-order valence-electron chi connectivity index (χ2n) is 3.75. The molecule has 2 rings (SSSR count). The van der Waals surface area contributed by atoms with Gasteiger partial charge in [-0.05, 0) is 40.9 Å². The number of benzene rings is 1. The fourth-order valence-corrected chi connectivity index (χ4v) is 3.43. The Balaban J connectivity index is 1.97. The molecule has 1 heterocycles. The topological polar surface area (TPSA) is 29.1 Å². The Labute approximate surface area is 101 Å². The summed E-state index contributed by atoms with van der Waals surface area (Å²) in [5.74, 6) is 1.67. The first-order chi connectivity index (χ1) is 7.25. The minimum absolute atomic E-state index is 0.474. The molecule has 0 radical (unpaired) electrons. The quantitative estimate of drug-likeness (QED) is 0.906. The van der Waals surface area contributed by atoms with Crippen LogP contribution in [0.15, 0.2) is 28.7 Å². The van der Waals surface area contributed by atoms with Crippen LogP contribution in [0.25, 0.3) is 0 Å². The van der Waals surface area contributed by atoms with Gasteiger partial charge in [-0.2, -0.15) is 0 Å². The van der Waals surface area contributed by atoms with E-state index in [1.54, 1.807) is 0 Å². The average Bonchev–Trinajstić information content (AvgIpc) is 2.25. The molecule has 1 aliphatic rings. The zero-order valence-corrected chi connectivity index (χ0v) is 10.8. The van der Waals surface area contributed by atoms with Crippen LogP contribution in [0.4, 0.5) is 5.69 Å². The standard InChI is InChI=1S/C11H14BrNOS/c12-10-3-1-2-4-11(10)13-9-5-7-15(14)8-6-9/h1-4,9,13H,5-8H2. The lowest BCUT2D eigenvalue weighted by molar-refractivity contribution is 0.624. The van der Waals surface area contributed by atoms with Gasteiger partial charge in [0, 0.05) is 38.5 Å². The minimum atomic E-state index is -0.576. The summed E-state index contributed by atoms with van der Waals surface area (Å²) in [5, 5.41) is 3.49. The predicted octanol–water partition coefficient (Wildman–Crippen LogP) is 2.77. The fraction of sp³-hybridized carbons (Fsp3) is 0.455.